The number of hydrogen-bond donors (Lipinski definition) is 0. The molecular formula is C9H15BN2. The molecule has 0 atom stereocenters. The Labute approximate surface area is 75.4 Å². The van der Waals surface area contributed by atoms with E-state index >= 15 is 0 Å². The minimum Gasteiger partial charge on any atom is -0.265 e. The van der Waals surface area contributed by atoms with Crippen LogP contribution in [-0.4, -0.2) is 17.6 Å². The van der Waals surface area contributed by atoms with Crippen molar-refractivity contribution in [3.63, 3.8) is 0 Å². The summed E-state index contributed by atoms with van der Waals surface area (Å²) in [5.74, 6) is 0. The van der Waals surface area contributed by atoms with Crippen LogP contribution in [0.3, 0.4) is 0 Å². The molecule has 2 radical (unpaired) electrons. The first-order chi connectivity index (χ1) is 5.34. The van der Waals surface area contributed by atoms with Gasteiger partial charge in [-0.05, 0) is 40.2 Å². The highest BCUT2D eigenvalue weighted by molar-refractivity contribution is 6.31. The molecule has 2 nitrogen and oxygen atoms in total. The van der Waals surface area contributed by atoms with Gasteiger partial charge in [0.1, 0.15) is 7.85 Å². The average Bonchev–Trinajstić information content (AvgIpc) is 2.15. The van der Waals surface area contributed by atoms with Gasteiger partial charge < -0.3 is 0 Å². The van der Waals surface area contributed by atoms with E-state index in [-0.39, 0.29) is 5.54 Å². The summed E-state index contributed by atoms with van der Waals surface area (Å²) in [7, 11) is 5.71. The van der Waals surface area contributed by atoms with Gasteiger partial charge in [-0.25, -0.2) is 0 Å². The van der Waals surface area contributed by atoms with Crippen molar-refractivity contribution in [1.82, 2.24) is 9.78 Å². The van der Waals surface area contributed by atoms with Gasteiger partial charge in [-0.15, -0.1) is 0 Å². The number of rotatable bonds is 0. The zero-order chi connectivity index (χ0) is 9.52. The second-order valence-corrected chi connectivity index (χ2v) is 4.18. The lowest BCUT2D eigenvalue weighted by molar-refractivity contribution is 0.349. The Morgan fingerprint density at radius 1 is 1.25 bits per heavy atom. The highest BCUT2D eigenvalue weighted by Gasteiger charge is 2.18. The molecule has 3 heteroatoms. The third kappa shape index (κ3) is 1.40. The summed E-state index contributed by atoms with van der Waals surface area (Å²) in [5.41, 5.74) is 2.90. The van der Waals surface area contributed by atoms with E-state index in [2.05, 4.69) is 25.9 Å². The van der Waals surface area contributed by atoms with Gasteiger partial charge in [0, 0.05) is 11.3 Å². The summed E-state index contributed by atoms with van der Waals surface area (Å²) in [6, 6.07) is 0. The molecule has 0 bridgehead atoms. The highest BCUT2D eigenvalue weighted by Crippen LogP contribution is 2.15. The van der Waals surface area contributed by atoms with Gasteiger partial charge in [-0.1, -0.05) is 0 Å². The molecular weight excluding hydrogens is 147 g/mol. The van der Waals surface area contributed by atoms with E-state index < -0.39 is 0 Å². The van der Waals surface area contributed by atoms with Crippen molar-refractivity contribution in [2.45, 2.75) is 40.2 Å². The normalized spacial score (nSPS) is 12.1. The zero-order valence-electron chi connectivity index (χ0n) is 8.47. The second kappa shape index (κ2) is 2.65. The maximum atomic E-state index is 5.71. The van der Waals surface area contributed by atoms with Gasteiger partial charge in [-0.3, -0.25) is 4.68 Å². The summed E-state index contributed by atoms with van der Waals surface area (Å²) in [5, 5.41) is 4.28. The number of hydrogen-bond acceptors (Lipinski definition) is 1. The molecule has 0 fully saturated rings. The van der Waals surface area contributed by atoms with Crippen LogP contribution < -0.4 is 5.59 Å². The van der Waals surface area contributed by atoms with Gasteiger partial charge in [-0.2, -0.15) is 5.10 Å². The molecule has 0 aliphatic carbocycles. The Hall–Kier alpha value is -0.725. The molecule has 1 aromatic rings. The smallest absolute Gasteiger partial charge is 0.144 e. The fourth-order valence-electron chi connectivity index (χ4n) is 1.26. The summed E-state index contributed by atoms with van der Waals surface area (Å²) >= 11 is 0. The second-order valence-electron chi connectivity index (χ2n) is 4.18. The summed E-state index contributed by atoms with van der Waals surface area (Å²) < 4.78 is 1.97. The van der Waals surface area contributed by atoms with E-state index in [0.717, 1.165) is 11.3 Å². The first-order valence-electron chi connectivity index (χ1n) is 4.16. The van der Waals surface area contributed by atoms with Crippen LogP contribution in [-0.2, 0) is 5.54 Å². The van der Waals surface area contributed by atoms with Crippen LogP contribution in [0.2, 0.25) is 0 Å². The fourth-order valence-corrected chi connectivity index (χ4v) is 1.26. The van der Waals surface area contributed by atoms with E-state index in [1.165, 1.54) is 0 Å². The molecule has 0 aliphatic rings. The number of aromatic nitrogens is 2. The topological polar surface area (TPSA) is 17.8 Å². The maximum Gasteiger partial charge on any atom is 0.144 e. The van der Waals surface area contributed by atoms with Crippen LogP contribution in [0.25, 0.3) is 0 Å². The number of nitrogens with zero attached hydrogens (tertiary/aromatic N) is 2. The largest absolute Gasteiger partial charge is 0.265 e. The quantitative estimate of drug-likeness (QED) is 0.521. The van der Waals surface area contributed by atoms with Crippen molar-refractivity contribution in [3.8, 4) is 0 Å². The Morgan fingerprint density at radius 3 is 1.92 bits per heavy atom. The first kappa shape index (κ1) is 9.36. The lowest BCUT2D eigenvalue weighted by Crippen LogP contribution is -2.25. The van der Waals surface area contributed by atoms with Gasteiger partial charge in [0.05, 0.1) is 5.54 Å². The molecule has 0 aromatic carbocycles. The van der Waals surface area contributed by atoms with Crippen LogP contribution in [0.1, 0.15) is 32.0 Å². The van der Waals surface area contributed by atoms with E-state index in [0.29, 0.717) is 5.59 Å². The zero-order valence-corrected chi connectivity index (χ0v) is 8.47. The van der Waals surface area contributed by atoms with Crippen molar-refractivity contribution < 1.29 is 0 Å². The molecule has 0 N–H and O–H groups in total. The molecule has 1 aromatic heterocycles. The fraction of sp³-hybridized carbons (Fsp3) is 0.667. The van der Waals surface area contributed by atoms with Crippen molar-refractivity contribution >= 4 is 13.4 Å². The van der Waals surface area contributed by atoms with Crippen molar-refractivity contribution in [2.24, 2.45) is 0 Å². The molecule has 12 heavy (non-hydrogen) atoms. The third-order valence-electron chi connectivity index (χ3n) is 2.09. The van der Waals surface area contributed by atoms with Crippen LogP contribution in [0.5, 0.6) is 0 Å². The molecule has 1 rings (SSSR count). The SMILES string of the molecule is [B]c1nn(C(C)(C)C)c(C)c1C. The summed E-state index contributed by atoms with van der Waals surface area (Å²) in [4.78, 5) is 0. The Bertz CT molecular complexity index is 294. The molecule has 0 unspecified atom stereocenters. The van der Waals surface area contributed by atoms with E-state index in [9.17, 15) is 0 Å². The molecule has 1 heterocycles. The van der Waals surface area contributed by atoms with E-state index in [4.69, 9.17) is 7.85 Å². The van der Waals surface area contributed by atoms with Crippen molar-refractivity contribution in [2.75, 3.05) is 0 Å². The summed E-state index contributed by atoms with van der Waals surface area (Å²) in [6.45, 7) is 10.4. The molecule has 0 amide bonds. The Balaban J connectivity index is 3.28. The molecule has 0 saturated carbocycles. The highest BCUT2D eigenvalue weighted by atomic mass is 15.3. The first-order valence-corrected chi connectivity index (χ1v) is 4.16. The van der Waals surface area contributed by atoms with Crippen LogP contribution in [0.15, 0.2) is 0 Å². The van der Waals surface area contributed by atoms with Crippen LogP contribution in [0.4, 0.5) is 0 Å². The average molecular weight is 162 g/mol. The Morgan fingerprint density at radius 2 is 1.75 bits per heavy atom. The minimum atomic E-state index is 0.0203. The molecule has 0 saturated heterocycles. The predicted octanol–water partition coefficient (Wildman–Crippen LogP) is 1.05. The monoisotopic (exact) mass is 162 g/mol. The van der Waals surface area contributed by atoms with Gasteiger partial charge in [0.25, 0.3) is 0 Å². The lowest BCUT2D eigenvalue weighted by atomic mass is 9.99. The van der Waals surface area contributed by atoms with Gasteiger partial charge in [0.2, 0.25) is 0 Å². The van der Waals surface area contributed by atoms with Crippen molar-refractivity contribution in [1.29, 1.82) is 0 Å². The third-order valence-corrected chi connectivity index (χ3v) is 2.09. The summed E-state index contributed by atoms with van der Waals surface area (Å²) in [6.07, 6.45) is 0. The molecule has 0 spiro atoms. The van der Waals surface area contributed by atoms with Gasteiger partial charge in [0.15, 0.2) is 0 Å². The van der Waals surface area contributed by atoms with E-state index in [1.54, 1.807) is 0 Å². The van der Waals surface area contributed by atoms with Crippen LogP contribution >= 0.6 is 0 Å². The predicted molar refractivity (Wildman–Crippen MR) is 52.1 cm³/mol. The molecule has 0 aliphatic heterocycles. The maximum absolute atomic E-state index is 5.71. The van der Waals surface area contributed by atoms with Crippen LogP contribution in [0, 0.1) is 13.8 Å². The lowest BCUT2D eigenvalue weighted by Gasteiger charge is -2.21. The molecule has 64 valence electrons. The Kier molecular flexibility index (Phi) is 2.07. The van der Waals surface area contributed by atoms with Crippen molar-refractivity contribution in [3.05, 3.63) is 11.3 Å². The minimum absolute atomic E-state index is 0.0203. The standard InChI is InChI=1S/C9H15BN2/c1-6-7(2)12(9(3,4)5)11-8(6)10/h1-5H3. The van der Waals surface area contributed by atoms with E-state index in [1.807, 2.05) is 18.5 Å². The van der Waals surface area contributed by atoms with Gasteiger partial charge >= 0.3 is 0 Å².